The second-order valence-corrected chi connectivity index (χ2v) is 3.97. The molecular weight excluding hydrogens is 204 g/mol. The molecule has 1 atom stereocenters. The van der Waals surface area contributed by atoms with Gasteiger partial charge in [0.15, 0.2) is 0 Å². The Kier molecular flexibility index (Phi) is 4.31. The third-order valence-electron chi connectivity index (χ3n) is 1.91. The highest BCUT2D eigenvalue weighted by Crippen LogP contribution is 2.16. The molecule has 4 heteroatoms. The molecule has 1 amide bonds. The fourth-order valence-electron chi connectivity index (χ4n) is 1.15. The Hall–Kier alpha value is -1.55. The van der Waals surface area contributed by atoms with Gasteiger partial charge in [-0.3, -0.25) is 4.79 Å². The maximum Gasteiger partial charge on any atom is 0.240 e. The molecule has 1 aromatic rings. The van der Waals surface area contributed by atoms with Gasteiger partial charge in [-0.1, -0.05) is 0 Å². The Balaban J connectivity index is 2.61. The van der Waals surface area contributed by atoms with Crippen LogP contribution in [0.4, 0.5) is 5.69 Å². The molecule has 0 aliphatic rings. The molecule has 88 valence electrons. The summed E-state index contributed by atoms with van der Waals surface area (Å²) in [6.45, 7) is 5.57. The summed E-state index contributed by atoms with van der Waals surface area (Å²) in [6.07, 6.45) is 0.143. The lowest BCUT2D eigenvalue weighted by Gasteiger charge is -2.11. The first-order valence-corrected chi connectivity index (χ1v) is 5.32. The van der Waals surface area contributed by atoms with Gasteiger partial charge in [0.25, 0.3) is 0 Å². The van der Waals surface area contributed by atoms with Crippen molar-refractivity contribution in [1.29, 1.82) is 0 Å². The second kappa shape index (κ2) is 5.51. The van der Waals surface area contributed by atoms with E-state index in [1.807, 2.05) is 26.0 Å². The van der Waals surface area contributed by atoms with Crippen molar-refractivity contribution in [3.63, 3.8) is 0 Å². The van der Waals surface area contributed by atoms with E-state index in [-0.39, 0.29) is 12.0 Å². The van der Waals surface area contributed by atoms with E-state index < -0.39 is 6.04 Å². The predicted molar refractivity (Wildman–Crippen MR) is 64.5 cm³/mol. The number of hydrogen-bond acceptors (Lipinski definition) is 3. The minimum Gasteiger partial charge on any atom is -0.491 e. The average molecular weight is 222 g/mol. The van der Waals surface area contributed by atoms with E-state index in [1.54, 1.807) is 19.1 Å². The van der Waals surface area contributed by atoms with Gasteiger partial charge in [0.2, 0.25) is 5.91 Å². The Labute approximate surface area is 95.8 Å². The average Bonchev–Trinajstić information content (AvgIpc) is 2.20. The predicted octanol–water partition coefficient (Wildman–Crippen LogP) is 1.76. The summed E-state index contributed by atoms with van der Waals surface area (Å²) in [6, 6.07) is 6.70. The summed E-state index contributed by atoms with van der Waals surface area (Å²) in [4.78, 5) is 11.3. The maximum absolute atomic E-state index is 11.3. The van der Waals surface area contributed by atoms with E-state index in [9.17, 15) is 4.79 Å². The molecule has 0 aromatic heterocycles. The number of hydrogen-bond donors (Lipinski definition) is 2. The van der Waals surface area contributed by atoms with Crippen molar-refractivity contribution in [3.05, 3.63) is 24.3 Å². The summed E-state index contributed by atoms with van der Waals surface area (Å²) in [7, 11) is 0. The smallest absolute Gasteiger partial charge is 0.240 e. The molecule has 16 heavy (non-hydrogen) atoms. The molecule has 1 rings (SSSR count). The van der Waals surface area contributed by atoms with E-state index in [1.165, 1.54) is 0 Å². The van der Waals surface area contributed by atoms with Crippen LogP contribution in [0, 0.1) is 0 Å². The van der Waals surface area contributed by atoms with Crippen molar-refractivity contribution in [1.82, 2.24) is 0 Å². The first-order valence-electron chi connectivity index (χ1n) is 5.32. The molecule has 1 aromatic carbocycles. The zero-order valence-electron chi connectivity index (χ0n) is 9.86. The summed E-state index contributed by atoms with van der Waals surface area (Å²) in [5, 5.41) is 2.70. The Morgan fingerprint density at radius 1 is 1.25 bits per heavy atom. The number of anilines is 1. The number of ether oxygens (including phenoxy) is 1. The van der Waals surface area contributed by atoms with Gasteiger partial charge in [0, 0.05) is 5.69 Å². The molecule has 0 spiro atoms. The van der Waals surface area contributed by atoms with Crippen molar-refractivity contribution < 1.29 is 9.53 Å². The Morgan fingerprint density at radius 3 is 2.25 bits per heavy atom. The number of benzene rings is 1. The number of amides is 1. The SMILES string of the molecule is CC(C)Oc1ccc(NC(=O)C(C)N)cc1. The van der Waals surface area contributed by atoms with E-state index in [4.69, 9.17) is 10.5 Å². The van der Waals surface area contributed by atoms with E-state index in [2.05, 4.69) is 5.32 Å². The number of rotatable bonds is 4. The van der Waals surface area contributed by atoms with Crippen molar-refractivity contribution in [2.45, 2.75) is 32.9 Å². The van der Waals surface area contributed by atoms with Crippen molar-refractivity contribution in [2.75, 3.05) is 5.32 Å². The fourth-order valence-corrected chi connectivity index (χ4v) is 1.15. The van der Waals surface area contributed by atoms with Crippen LogP contribution in [0.15, 0.2) is 24.3 Å². The van der Waals surface area contributed by atoms with E-state index in [0.717, 1.165) is 11.4 Å². The monoisotopic (exact) mass is 222 g/mol. The third-order valence-corrected chi connectivity index (χ3v) is 1.91. The lowest BCUT2D eigenvalue weighted by atomic mass is 10.2. The van der Waals surface area contributed by atoms with Crippen LogP contribution in [0.3, 0.4) is 0 Å². The number of carbonyl (C=O) groups excluding carboxylic acids is 1. The Bertz CT molecular complexity index is 345. The zero-order valence-corrected chi connectivity index (χ0v) is 9.86. The van der Waals surface area contributed by atoms with Gasteiger partial charge in [0.1, 0.15) is 5.75 Å². The summed E-state index contributed by atoms with van der Waals surface area (Å²) in [5.41, 5.74) is 6.16. The third kappa shape index (κ3) is 3.90. The molecule has 3 N–H and O–H groups in total. The molecular formula is C12H18N2O2. The highest BCUT2D eigenvalue weighted by atomic mass is 16.5. The van der Waals surface area contributed by atoms with Crippen LogP contribution >= 0.6 is 0 Å². The van der Waals surface area contributed by atoms with Gasteiger partial charge < -0.3 is 15.8 Å². The highest BCUT2D eigenvalue weighted by molar-refractivity contribution is 5.94. The quantitative estimate of drug-likeness (QED) is 0.815. The van der Waals surface area contributed by atoms with Gasteiger partial charge in [-0.25, -0.2) is 0 Å². The largest absolute Gasteiger partial charge is 0.491 e. The molecule has 1 unspecified atom stereocenters. The lowest BCUT2D eigenvalue weighted by molar-refractivity contribution is -0.117. The summed E-state index contributed by atoms with van der Waals surface area (Å²) in [5.74, 6) is 0.589. The molecule has 0 bridgehead atoms. The topological polar surface area (TPSA) is 64.3 Å². The molecule has 0 aliphatic heterocycles. The van der Waals surface area contributed by atoms with Crippen LogP contribution in [0.1, 0.15) is 20.8 Å². The molecule has 0 saturated carbocycles. The first-order chi connectivity index (χ1) is 7.49. The van der Waals surface area contributed by atoms with Crippen molar-refractivity contribution in [2.24, 2.45) is 5.73 Å². The van der Waals surface area contributed by atoms with E-state index in [0.29, 0.717) is 0 Å². The molecule has 0 heterocycles. The van der Waals surface area contributed by atoms with Gasteiger partial charge in [-0.15, -0.1) is 0 Å². The summed E-state index contributed by atoms with van der Waals surface area (Å²) < 4.78 is 5.48. The second-order valence-electron chi connectivity index (χ2n) is 3.97. The zero-order chi connectivity index (χ0) is 12.1. The standard InChI is InChI=1S/C12H18N2O2/c1-8(2)16-11-6-4-10(5-7-11)14-12(15)9(3)13/h4-9H,13H2,1-3H3,(H,14,15). The first kappa shape index (κ1) is 12.5. The fraction of sp³-hybridized carbons (Fsp3) is 0.417. The van der Waals surface area contributed by atoms with Gasteiger partial charge >= 0.3 is 0 Å². The number of nitrogens with two attached hydrogens (primary N) is 1. The molecule has 0 saturated heterocycles. The van der Waals surface area contributed by atoms with Crippen LogP contribution < -0.4 is 15.8 Å². The minimum absolute atomic E-state index is 0.143. The van der Waals surface area contributed by atoms with E-state index >= 15 is 0 Å². The van der Waals surface area contributed by atoms with Crippen LogP contribution in [0.5, 0.6) is 5.75 Å². The highest BCUT2D eigenvalue weighted by Gasteiger charge is 2.07. The number of carbonyl (C=O) groups is 1. The van der Waals surface area contributed by atoms with Gasteiger partial charge in [-0.2, -0.15) is 0 Å². The van der Waals surface area contributed by atoms with Crippen molar-refractivity contribution >= 4 is 11.6 Å². The normalized spacial score (nSPS) is 12.3. The molecule has 0 aliphatic carbocycles. The lowest BCUT2D eigenvalue weighted by Crippen LogP contribution is -2.32. The van der Waals surface area contributed by atoms with Crippen LogP contribution in [-0.2, 0) is 4.79 Å². The van der Waals surface area contributed by atoms with Gasteiger partial charge in [0.05, 0.1) is 12.1 Å². The molecule has 0 radical (unpaired) electrons. The summed E-state index contributed by atoms with van der Waals surface area (Å²) >= 11 is 0. The molecule has 4 nitrogen and oxygen atoms in total. The van der Waals surface area contributed by atoms with Gasteiger partial charge in [-0.05, 0) is 45.0 Å². The Morgan fingerprint density at radius 2 is 1.81 bits per heavy atom. The maximum atomic E-state index is 11.3. The van der Waals surface area contributed by atoms with Crippen molar-refractivity contribution in [3.8, 4) is 5.75 Å². The van der Waals surface area contributed by atoms with Crippen LogP contribution in [0.25, 0.3) is 0 Å². The van der Waals surface area contributed by atoms with Crippen LogP contribution in [-0.4, -0.2) is 18.1 Å². The minimum atomic E-state index is -0.508. The van der Waals surface area contributed by atoms with Crippen LogP contribution in [0.2, 0.25) is 0 Å². The number of nitrogens with one attached hydrogen (secondary N) is 1. The molecule has 0 fully saturated rings.